The Morgan fingerprint density at radius 2 is 2.32 bits per heavy atom. The van der Waals surface area contributed by atoms with Crippen LogP contribution >= 0.6 is 0 Å². The molecule has 0 saturated carbocycles. The van der Waals surface area contributed by atoms with E-state index in [1.54, 1.807) is 31.7 Å². The molecule has 96 valence electrons. The number of aryl methyl sites for hydroxylation is 1. The van der Waals surface area contributed by atoms with E-state index >= 15 is 0 Å². The summed E-state index contributed by atoms with van der Waals surface area (Å²) in [4.78, 5) is 12.3. The second-order valence-electron chi connectivity index (χ2n) is 4.11. The molecule has 0 aromatic carbocycles. The first-order valence-corrected chi connectivity index (χ1v) is 5.73. The van der Waals surface area contributed by atoms with Crippen LogP contribution < -0.4 is 5.73 Å². The van der Waals surface area contributed by atoms with Gasteiger partial charge in [-0.1, -0.05) is 5.16 Å². The number of nitrogen functional groups attached to an aromatic ring is 1. The summed E-state index contributed by atoms with van der Waals surface area (Å²) in [6.07, 6.45) is 5.15. The molecule has 3 heterocycles. The van der Waals surface area contributed by atoms with Gasteiger partial charge in [-0.25, -0.2) is 9.97 Å². The van der Waals surface area contributed by atoms with Crippen molar-refractivity contribution in [2.24, 2.45) is 0 Å². The molecule has 3 aromatic rings. The molecular formula is C12H12N6O. The van der Waals surface area contributed by atoms with E-state index in [4.69, 9.17) is 10.3 Å². The third-order valence-electron chi connectivity index (χ3n) is 2.67. The lowest BCUT2D eigenvalue weighted by atomic mass is 10.2. The maximum absolute atomic E-state index is 5.69. The van der Waals surface area contributed by atoms with Crippen molar-refractivity contribution in [2.75, 3.05) is 5.73 Å². The molecule has 19 heavy (non-hydrogen) atoms. The molecule has 0 spiro atoms. The van der Waals surface area contributed by atoms with E-state index in [1.165, 1.54) is 0 Å². The summed E-state index contributed by atoms with van der Waals surface area (Å²) in [5.74, 6) is 1.63. The molecule has 0 aliphatic rings. The van der Waals surface area contributed by atoms with Crippen LogP contribution in [0.3, 0.4) is 0 Å². The van der Waals surface area contributed by atoms with Crippen LogP contribution in [0.25, 0.3) is 11.3 Å². The summed E-state index contributed by atoms with van der Waals surface area (Å²) in [6.45, 7) is 2.25. The van der Waals surface area contributed by atoms with Gasteiger partial charge in [-0.05, 0) is 12.1 Å². The van der Waals surface area contributed by atoms with E-state index in [2.05, 4.69) is 20.1 Å². The lowest BCUT2D eigenvalue weighted by molar-refractivity contribution is 0.386. The van der Waals surface area contributed by atoms with Crippen LogP contribution in [0.4, 0.5) is 5.82 Å². The topological polar surface area (TPSA) is 95.7 Å². The molecule has 0 aliphatic carbocycles. The smallest absolute Gasteiger partial charge is 0.223 e. The van der Waals surface area contributed by atoms with Gasteiger partial charge in [-0.15, -0.1) is 0 Å². The van der Waals surface area contributed by atoms with Crippen molar-refractivity contribution in [2.45, 2.75) is 13.5 Å². The summed E-state index contributed by atoms with van der Waals surface area (Å²) < 4.78 is 6.88. The van der Waals surface area contributed by atoms with Gasteiger partial charge < -0.3 is 14.8 Å². The first-order valence-electron chi connectivity index (χ1n) is 5.73. The summed E-state index contributed by atoms with van der Waals surface area (Å²) in [5, 5.41) is 3.87. The van der Waals surface area contributed by atoms with Crippen LogP contribution in [0.2, 0.25) is 0 Å². The molecule has 0 fully saturated rings. The van der Waals surface area contributed by atoms with Crippen LogP contribution in [0.1, 0.15) is 11.7 Å². The van der Waals surface area contributed by atoms with Crippen molar-refractivity contribution in [3.05, 3.63) is 42.6 Å². The molecule has 7 nitrogen and oxygen atoms in total. The van der Waals surface area contributed by atoms with Crippen molar-refractivity contribution in [3.63, 3.8) is 0 Å². The highest BCUT2D eigenvalue weighted by atomic mass is 16.5. The van der Waals surface area contributed by atoms with E-state index in [9.17, 15) is 0 Å². The van der Waals surface area contributed by atoms with Crippen LogP contribution in [-0.2, 0) is 6.54 Å². The van der Waals surface area contributed by atoms with Gasteiger partial charge in [-0.3, -0.25) is 0 Å². The van der Waals surface area contributed by atoms with Crippen molar-refractivity contribution >= 4 is 5.82 Å². The van der Waals surface area contributed by atoms with Crippen molar-refractivity contribution in [3.8, 4) is 11.3 Å². The number of pyridine rings is 1. The predicted molar refractivity (Wildman–Crippen MR) is 68.0 cm³/mol. The van der Waals surface area contributed by atoms with Gasteiger partial charge in [-0.2, -0.15) is 4.98 Å². The van der Waals surface area contributed by atoms with Gasteiger partial charge in [0, 0.05) is 18.7 Å². The lowest BCUT2D eigenvalue weighted by Crippen LogP contribution is -2.02. The normalized spacial score (nSPS) is 10.8. The van der Waals surface area contributed by atoms with Crippen molar-refractivity contribution in [1.82, 2.24) is 24.7 Å². The second kappa shape index (κ2) is 4.52. The minimum absolute atomic E-state index is 0.473. The zero-order valence-electron chi connectivity index (χ0n) is 10.3. The number of nitrogens with zero attached hydrogens (tertiary/aromatic N) is 5. The maximum atomic E-state index is 5.69. The quantitative estimate of drug-likeness (QED) is 0.758. The summed E-state index contributed by atoms with van der Waals surface area (Å²) in [7, 11) is 0. The Labute approximate surface area is 109 Å². The SMILES string of the molecule is Cc1nc(Cn2cncc2-c2ccnc(N)c2)no1. The van der Waals surface area contributed by atoms with Gasteiger partial charge in [0.2, 0.25) is 5.89 Å². The van der Waals surface area contributed by atoms with E-state index in [1.807, 2.05) is 10.6 Å². The summed E-state index contributed by atoms with van der Waals surface area (Å²) in [5.41, 5.74) is 7.57. The Morgan fingerprint density at radius 1 is 1.42 bits per heavy atom. The third-order valence-corrected chi connectivity index (χ3v) is 2.67. The van der Waals surface area contributed by atoms with Crippen LogP contribution in [0, 0.1) is 6.92 Å². The van der Waals surface area contributed by atoms with Crippen LogP contribution in [0.5, 0.6) is 0 Å². The van der Waals surface area contributed by atoms with Gasteiger partial charge in [0.25, 0.3) is 0 Å². The second-order valence-corrected chi connectivity index (χ2v) is 4.11. The first-order chi connectivity index (χ1) is 9.22. The Kier molecular flexibility index (Phi) is 2.71. The Bertz CT molecular complexity index is 702. The lowest BCUT2D eigenvalue weighted by Gasteiger charge is -2.05. The van der Waals surface area contributed by atoms with Gasteiger partial charge in [0.1, 0.15) is 5.82 Å². The van der Waals surface area contributed by atoms with Crippen molar-refractivity contribution < 1.29 is 4.52 Å². The number of nitrogens with two attached hydrogens (primary N) is 1. The van der Waals surface area contributed by atoms with Gasteiger partial charge in [0.15, 0.2) is 5.82 Å². The van der Waals surface area contributed by atoms with E-state index in [0.29, 0.717) is 24.1 Å². The average Bonchev–Trinajstić information content (AvgIpc) is 2.99. The van der Waals surface area contributed by atoms with E-state index in [0.717, 1.165) is 11.3 Å². The molecule has 0 unspecified atom stereocenters. The van der Waals surface area contributed by atoms with Crippen LogP contribution in [0.15, 0.2) is 35.4 Å². The number of hydrogen-bond donors (Lipinski definition) is 1. The molecule has 0 saturated heterocycles. The Balaban J connectivity index is 1.94. The zero-order valence-corrected chi connectivity index (χ0v) is 10.3. The molecule has 0 aliphatic heterocycles. The number of imidazole rings is 1. The molecule has 7 heteroatoms. The first kappa shape index (κ1) is 11.4. The molecule has 3 rings (SSSR count). The fraction of sp³-hybridized carbons (Fsp3) is 0.167. The minimum atomic E-state index is 0.473. The molecule has 3 aromatic heterocycles. The molecule has 2 N–H and O–H groups in total. The van der Waals surface area contributed by atoms with Crippen molar-refractivity contribution in [1.29, 1.82) is 0 Å². The zero-order chi connectivity index (χ0) is 13.2. The molecule has 0 amide bonds. The average molecular weight is 256 g/mol. The number of anilines is 1. The maximum Gasteiger partial charge on any atom is 0.223 e. The highest BCUT2D eigenvalue weighted by Crippen LogP contribution is 2.20. The Hall–Kier alpha value is -2.70. The van der Waals surface area contributed by atoms with E-state index in [-0.39, 0.29) is 0 Å². The fourth-order valence-corrected chi connectivity index (χ4v) is 1.85. The van der Waals surface area contributed by atoms with Gasteiger partial charge in [0.05, 0.1) is 24.8 Å². The van der Waals surface area contributed by atoms with Gasteiger partial charge >= 0.3 is 0 Å². The molecule has 0 atom stereocenters. The Morgan fingerprint density at radius 3 is 3.05 bits per heavy atom. The van der Waals surface area contributed by atoms with Crippen LogP contribution in [-0.4, -0.2) is 24.7 Å². The highest BCUT2D eigenvalue weighted by Gasteiger charge is 2.09. The number of hydrogen-bond acceptors (Lipinski definition) is 6. The molecule has 0 radical (unpaired) electrons. The predicted octanol–water partition coefficient (Wildman–Crippen LogP) is 1.27. The molecule has 0 bridgehead atoms. The standard InChI is InChI=1S/C12H12N6O/c1-8-16-12(17-19-8)6-18-7-14-5-10(18)9-2-3-15-11(13)4-9/h2-5,7H,6H2,1H3,(H2,13,15). The fourth-order valence-electron chi connectivity index (χ4n) is 1.85. The minimum Gasteiger partial charge on any atom is -0.384 e. The highest BCUT2D eigenvalue weighted by molar-refractivity contribution is 5.61. The summed E-state index contributed by atoms with van der Waals surface area (Å²) in [6, 6.07) is 3.68. The van der Waals surface area contributed by atoms with E-state index < -0.39 is 0 Å². The largest absolute Gasteiger partial charge is 0.384 e. The summed E-state index contributed by atoms with van der Waals surface area (Å²) >= 11 is 0. The number of aromatic nitrogens is 5. The molecular weight excluding hydrogens is 244 g/mol. The monoisotopic (exact) mass is 256 g/mol. The number of rotatable bonds is 3. The third kappa shape index (κ3) is 2.30.